The summed E-state index contributed by atoms with van der Waals surface area (Å²) in [6.07, 6.45) is 3.40. The van der Waals surface area contributed by atoms with Gasteiger partial charge in [0.15, 0.2) is 11.5 Å². The molecule has 264 valence electrons. The van der Waals surface area contributed by atoms with Gasteiger partial charge < -0.3 is 19.9 Å². The average molecular weight is 715 g/mol. The van der Waals surface area contributed by atoms with Crippen LogP contribution in [0.1, 0.15) is 76.1 Å². The summed E-state index contributed by atoms with van der Waals surface area (Å²) in [6.45, 7) is 2.91. The van der Waals surface area contributed by atoms with Crippen LogP contribution >= 0.6 is 11.6 Å². The van der Waals surface area contributed by atoms with Gasteiger partial charge in [-0.25, -0.2) is 4.39 Å². The molecule has 1 atom stereocenters. The number of fused-ring (bicyclic) bond motifs is 1. The van der Waals surface area contributed by atoms with Crippen molar-refractivity contribution >= 4 is 41.0 Å². The molecular weight excluding hydrogens is 679 g/mol. The van der Waals surface area contributed by atoms with Crippen LogP contribution in [0.5, 0.6) is 5.75 Å². The molecule has 3 aliphatic heterocycles. The van der Waals surface area contributed by atoms with E-state index in [0.717, 1.165) is 25.7 Å². The minimum atomic E-state index is -0.792. The van der Waals surface area contributed by atoms with Crippen molar-refractivity contribution in [1.82, 2.24) is 30.6 Å². The first-order valence-electron chi connectivity index (χ1n) is 17.1. The quantitative estimate of drug-likeness (QED) is 0.331. The molecule has 15 heteroatoms. The van der Waals surface area contributed by atoms with Gasteiger partial charge in [-0.05, 0) is 62.4 Å². The number of anilines is 1. The lowest BCUT2D eigenvalue weighted by Gasteiger charge is -2.35. The molecule has 3 fully saturated rings. The fourth-order valence-corrected chi connectivity index (χ4v) is 7.42. The number of nitriles is 1. The number of nitrogens with one attached hydrogen (secondary N) is 2. The zero-order chi connectivity index (χ0) is 35.6. The van der Waals surface area contributed by atoms with Gasteiger partial charge in [0, 0.05) is 67.9 Å². The smallest absolute Gasteiger partial charge is 0.272 e. The number of hydrogen-bond acceptors (Lipinski definition) is 10. The van der Waals surface area contributed by atoms with Crippen molar-refractivity contribution in [3.63, 3.8) is 0 Å². The van der Waals surface area contributed by atoms with E-state index in [-0.39, 0.29) is 60.2 Å². The molecule has 7 rings (SSSR count). The fraction of sp³-hybridized carbons (Fsp3) is 0.417. The lowest BCUT2D eigenvalue weighted by Crippen LogP contribution is -2.52. The van der Waals surface area contributed by atoms with Crippen LogP contribution in [0.2, 0.25) is 5.02 Å². The van der Waals surface area contributed by atoms with Gasteiger partial charge in [-0.1, -0.05) is 17.7 Å². The van der Waals surface area contributed by atoms with Gasteiger partial charge in [-0.3, -0.25) is 29.4 Å². The summed E-state index contributed by atoms with van der Waals surface area (Å²) >= 11 is 6.12. The second-order valence-electron chi connectivity index (χ2n) is 13.3. The number of halogens is 2. The summed E-state index contributed by atoms with van der Waals surface area (Å²) in [5.41, 5.74) is 1.66. The van der Waals surface area contributed by atoms with Crippen molar-refractivity contribution in [3.05, 3.63) is 81.3 Å². The van der Waals surface area contributed by atoms with Gasteiger partial charge in [-0.15, -0.1) is 10.2 Å². The molecule has 13 nitrogen and oxygen atoms in total. The van der Waals surface area contributed by atoms with Crippen LogP contribution in [0.4, 0.5) is 10.2 Å². The van der Waals surface area contributed by atoms with Gasteiger partial charge >= 0.3 is 0 Å². The number of carbonyl (C=O) groups excluding carboxylic acids is 4. The Balaban J connectivity index is 0.868. The third-order valence-corrected chi connectivity index (χ3v) is 10.4. The van der Waals surface area contributed by atoms with E-state index in [0.29, 0.717) is 60.4 Å². The van der Waals surface area contributed by atoms with E-state index in [2.05, 4.69) is 30.6 Å². The van der Waals surface area contributed by atoms with E-state index in [9.17, 15) is 19.2 Å². The highest BCUT2D eigenvalue weighted by Gasteiger charge is 2.40. The summed E-state index contributed by atoms with van der Waals surface area (Å²) in [4.78, 5) is 55.4. The maximum Gasteiger partial charge on any atom is 0.272 e. The minimum Gasteiger partial charge on any atom is -0.490 e. The topological polar surface area (TPSA) is 161 Å². The Morgan fingerprint density at radius 1 is 1.02 bits per heavy atom. The maximum atomic E-state index is 15.7. The molecule has 3 aromatic rings. The third-order valence-electron chi connectivity index (χ3n) is 10.1. The number of piperidine rings is 1. The number of nitrogens with zero attached hydrogens (tertiary/aromatic N) is 6. The number of aromatic nitrogens is 2. The van der Waals surface area contributed by atoms with Crippen LogP contribution in [0.3, 0.4) is 0 Å². The van der Waals surface area contributed by atoms with Gasteiger partial charge in [0.05, 0.1) is 23.2 Å². The highest BCUT2D eigenvalue weighted by Crippen LogP contribution is 2.32. The number of amides is 4. The van der Waals surface area contributed by atoms with Gasteiger partial charge in [-0.2, -0.15) is 5.26 Å². The van der Waals surface area contributed by atoms with Crippen molar-refractivity contribution in [2.45, 2.75) is 69.8 Å². The van der Waals surface area contributed by atoms with Gasteiger partial charge in [0.1, 0.15) is 23.7 Å². The zero-order valence-electron chi connectivity index (χ0n) is 27.7. The van der Waals surface area contributed by atoms with Crippen LogP contribution in [0.25, 0.3) is 0 Å². The first-order chi connectivity index (χ1) is 24.7. The van der Waals surface area contributed by atoms with E-state index in [1.807, 2.05) is 6.07 Å². The Kier molecular flexibility index (Phi) is 9.84. The molecule has 51 heavy (non-hydrogen) atoms. The predicted molar refractivity (Wildman–Crippen MR) is 182 cm³/mol. The number of piperazine rings is 1. The van der Waals surface area contributed by atoms with E-state index in [1.165, 1.54) is 4.90 Å². The first-order valence-corrected chi connectivity index (χ1v) is 17.5. The highest BCUT2D eigenvalue weighted by molar-refractivity contribution is 6.31. The Morgan fingerprint density at radius 3 is 2.49 bits per heavy atom. The molecule has 4 amide bonds. The minimum absolute atomic E-state index is 0.00220. The molecule has 0 bridgehead atoms. The van der Waals surface area contributed by atoms with Gasteiger partial charge in [0.25, 0.3) is 11.8 Å². The molecule has 4 heterocycles. The van der Waals surface area contributed by atoms with E-state index < -0.39 is 23.7 Å². The van der Waals surface area contributed by atoms with Crippen LogP contribution in [-0.4, -0.2) is 88.0 Å². The molecule has 2 saturated heterocycles. The summed E-state index contributed by atoms with van der Waals surface area (Å²) in [6, 6.07) is 13.0. The lowest BCUT2D eigenvalue weighted by atomic mass is 9.93. The van der Waals surface area contributed by atoms with Crippen LogP contribution < -0.4 is 20.3 Å². The normalized spacial score (nSPS) is 22.3. The molecule has 2 aromatic carbocycles. The molecule has 2 N–H and O–H groups in total. The summed E-state index contributed by atoms with van der Waals surface area (Å²) in [5, 5.41) is 23.3. The van der Waals surface area contributed by atoms with E-state index in [1.54, 1.807) is 42.5 Å². The molecule has 1 unspecified atom stereocenters. The van der Waals surface area contributed by atoms with Crippen molar-refractivity contribution in [2.75, 3.05) is 31.1 Å². The second kappa shape index (κ2) is 14.6. The number of ether oxygens (including phenoxy) is 1. The van der Waals surface area contributed by atoms with Gasteiger partial charge in [0.2, 0.25) is 11.8 Å². The van der Waals surface area contributed by atoms with Crippen molar-refractivity contribution in [3.8, 4) is 11.8 Å². The Morgan fingerprint density at radius 2 is 1.80 bits per heavy atom. The summed E-state index contributed by atoms with van der Waals surface area (Å²) in [7, 11) is 0. The third kappa shape index (κ3) is 7.36. The number of rotatable bonds is 8. The monoisotopic (exact) mass is 714 g/mol. The zero-order valence-corrected chi connectivity index (χ0v) is 28.5. The Labute approximate surface area is 298 Å². The molecule has 0 spiro atoms. The molecule has 1 saturated carbocycles. The SMILES string of the molecule is N#Cc1ccc(OC2CCC(NC(=O)c3ccc(N4CCN(Cc5ccc6c(c5F)CN(C5CCC(=O)NC5=O)C6=O)CC4)nn3)CC2)cc1Cl. The largest absolute Gasteiger partial charge is 0.490 e. The standard InChI is InChI=1S/C36H36ClFN8O5/c37-28-17-25(5-1-21(28)18-39)51-24-6-3-23(4-7-24)40-34(48)29-9-11-31(43-42-29)45-15-13-44(14-16-45)19-22-2-8-26-27(33(22)38)20-46(36(26)50)30-10-12-32(47)41-35(30)49/h1-2,5,8-9,11,17,23-24,30H,3-4,6-7,10,12-16,19-20H2,(H,40,48)(H,41,47,49). The second-order valence-corrected chi connectivity index (χ2v) is 13.7. The van der Waals surface area contributed by atoms with Crippen molar-refractivity contribution < 1.29 is 28.3 Å². The number of carbonyl (C=O) groups is 4. The van der Waals surface area contributed by atoms with Crippen molar-refractivity contribution in [1.29, 1.82) is 5.26 Å². The lowest BCUT2D eigenvalue weighted by molar-refractivity contribution is -0.136. The van der Waals surface area contributed by atoms with Crippen LogP contribution in [0.15, 0.2) is 42.5 Å². The maximum absolute atomic E-state index is 15.7. The summed E-state index contributed by atoms with van der Waals surface area (Å²) in [5.74, 6) is -0.731. The van der Waals surface area contributed by atoms with E-state index in [4.69, 9.17) is 21.6 Å². The van der Waals surface area contributed by atoms with E-state index >= 15 is 4.39 Å². The van der Waals surface area contributed by atoms with Crippen molar-refractivity contribution in [2.24, 2.45) is 0 Å². The average Bonchev–Trinajstić information content (AvgIpc) is 3.47. The Bertz CT molecular complexity index is 1900. The molecule has 1 aromatic heterocycles. The predicted octanol–water partition coefficient (Wildman–Crippen LogP) is 3.34. The first kappa shape index (κ1) is 34.3. The molecule has 4 aliphatic rings. The Hall–Kier alpha value is -5.13. The fourth-order valence-electron chi connectivity index (χ4n) is 7.20. The highest BCUT2D eigenvalue weighted by atomic mass is 35.5. The number of imide groups is 1. The summed E-state index contributed by atoms with van der Waals surface area (Å²) < 4.78 is 21.7. The van der Waals surface area contributed by atoms with Crippen LogP contribution in [0, 0.1) is 17.1 Å². The molecular formula is C36H36ClFN8O5. The van der Waals surface area contributed by atoms with Crippen LogP contribution in [-0.2, 0) is 22.7 Å². The molecule has 1 aliphatic carbocycles. The molecule has 0 radical (unpaired) electrons. The number of hydrogen-bond donors (Lipinski definition) is 2. The number of benzene rings is 2.